The molecule has 142 valence electrons. The van der Waals surface area contributed by atoms with Gasteiger partial charge in [0.25, 0.3) is 0 Å². The maximum absolute atomic E-state index is 12.5. The third-order valence-corrected chi connectivity index (χ3v) is 6.86. The molecule has 3 aromatic rings. The Morgan fingerprint density at radius 1 is 1.25 bits per heavy atom. The minimum atomic E-state index is -0.442. The molecule has 1 fully saturated rings. The molecule has 1 aliphatic carbocycles. The van der Waals surface area contributed by atoms with Gasteiger partial charge in [-0.1, -0.05) is 41.3 Å². The first-order chi connectivity index (χ1) is 13.5. The van der Waals surface area contributed by atoms with Gasteiger partial charge in [-0.2, -0.15) is 5.26 Å². The summed E-state index contributed by atoms with van der Waals surface area (Å²) < 4.78 is 7.10. The number of nitrogens with zero attached hydrogens (tertiary/aromatic N) is 2. The van der Waals surface area contributed by atoms with Gasteiger partial charge in [0.05, 0.1) is 21.3 Å². The Bertz CT molecular complexity index is 1170. The van der Waals surface area contributed by atoms with Crippen molar-refractivity contribution >= 4 is 59.7 Å². The average molecular weight is 520 g/mol. The lowest BCUT2D eigenvalue weighted by Gasteiger charge is -2.18. The zero-order valence-electron chi connectivity index (χ0n) is 14.9. The first-order valence-electron chi connectivity index (χ1n) is 9.06. The number of aromatic nitrogens is 1. The second kappa shape index (κ2) is 8.32. The van der Waals surface area contributed by atoms with Crippen molar-refractivity contribution in [3.05, 3.63) is 54.0 Å². The lowest BCUT2D eigenvalue weighted by molar-refractivity contribution is 0.420. The predicted molar refractivity (Wildman–Crippen MR) is 119 cm³/mol. The van der Waals surface area contributed by atoms with E-state index in [-0.39, 0.29) is 0 Å². The molecule has 0 unspecified atom stereocenters. The molecule has 0 radical (unpaired) electrons. The van der Waals surface area contributed by atoms with E-state index in [0.717, 1.165) is 22.7 Å². The SMILES string of the molecule is N#CC(=CC1CCCCC1)c1nc(-c2cc3cc(Br)cc(Br)c3oc2=O)cs1. The fourth-order valence-electron chi connectivity index (χ4n) is 3.55. The Morgan fingerprint density at radius 2 is 2.04 bits per heavy atom. The van der Waals surface area contributed by atoms with E-state index in [1.807, 2.05) is 17.5 Å². The minimum absolute atomic E-state index is 0.398. The summed E-state index contributed by atoms with van der Waals surface area (Å²) in [5.41, 5.74) is 1.59. The molecule has 0 spiro atoms. The van der Waals surface area contributed by atoms with E-state index in [1.165, 1.54) is 30.6 Å². The van der Waals surface area contributed by atoms with E-state index >= 15 is 0 Å². The van der Waals surface area contributed by atoms with Gasteiger partial charge in [0.1, 0.15) is 11.1 Å². The predicted octanol–water partition coefficient (Wildman–Crippen LogP) is 6.93. The molecule has 7 heteroatoms. The summed E-state index contributed by atoms with van der Waals surface area (Å²) in [5.74, 6) is 0.441. The zero-order chi connectivity index (χ0) is 19.7. The second-order valence-corrected chi connectivity index (χ2v) is 9.51. The molecule has 0 N–H and O–H groups in total. The molecular weight excluding hydrogens is 504 g/mol. The van der Waals surface area contributed by atoms with Crippen LogP contribution in [0.15, 0.2) is 47.8 Å². The molecule has 1 saturated carbocycles. The minimum Gasteiger partial charge on any atom is -0.421 e. The molecule has 0 bridgehead atoms. The molecule has 2 aromatic heterocycles. The topological polar surface area (TPSA) is 66.9 Å². The summed E-state index contributed by atoms with van der Waals surface area (Å²) in [6.45, 7) is 0. The smallest absolute Gasteiger partial charge is 0.345 e. The van der Waals surface area contributed by atoms with Crippen molar-refractivity contribution in [1.29, 1.82) is 5.26 Å². The number of hydrogen-bond donors (Lipinski definition) is 0. The lowest BCUT2D eigenvalue weighted by atomic mass is 9.88. The highest BCUT2D eigenvalue weighted by atomic mass is 79.9. The van der Waals surface area contributed by atoms with Gasteiger partial charge in [-0.25, -0.2) is 9.78 Å². The fraction of sp³-hybridized carbons (Fsp3) is 0.286. The Kier molecular flexibility index (Phi) is 5.81. The maximum Gasteiger partial charge on any atom is 0.345 e. The molecular formula is C21H16Br2N2O2S. The molecule has 2 heterocycles. The molecule has 0 amide bonds. The number of allylic oxidation sites excluding steroid dienone is 2. The molecule has 1 aromatic carbocycles. The Hall–Kier alpha value is -1.75. The van der Waals surface area contributed by atoms with Gasteiger partial charge in [0, 0.05) is 15.2 Å². The number of nitriles is 1. The molecule has 28 heavy (non-hydrogen) atoms. The van der Waals surface area contributed by atoms with Crippen molar-refractivity contribution in [1.82, 2.24) is 4.98 Å². The molecule has 4 rings (SSSR count). The largest absolute Gasteiger partial charge is 0.421 e. The van der Waals surface area contributed by atoms with E-state index in [9.17, 15) is 10.1 Å². The third kappa shape index (κ3) is 4.00. The van der Waals surface area contributed by atoms with Gasteiger partial charge >= 0.3 is 5.63 Å². The summed E-state index contributed by atoms with van der Waals surface area (Å²) in [7, 11) is 0. The lowest BCUT2D eigenvalue weighted by Crippen LogP contribution is -2.04. The maximum atomic E-state index is 12.5. The molecule has 0 atom stereocenters. The van der Waals surface area contributed by atoms with E-state index in [4.69, 9.17) is 4.42 Å². The van der Waals surface area contributed by atoms with Crippen LogP contribution in [0.1, 0.15) is 37.1 Å². The van der Waals surface area contributed by atoms with Crippen LogP contribution in [0.2, 0.25) is 0 Å². The van der Waals surface area contributed by atoms with E-state index < -0.39 is 5.63 Å². The van der Waals surface area contributed by atoms with Crippen LogP contribution in [-0.4, -0.2) is 4.98 Å². The van der Waals surface area contributed by atoms with Crippen molar-refractivity contribution in [2.24, 2.45) is 5.92 Å². The highest BCUT2D eigenvalue weighted by Crippen LogP contribution is 2.32. The summed E-state index contributed by atoms with van der Waals surface area (Å²) in [4.78, 5) is 17.1. The number of fused-ring (bicyclic) bond motifs is 1. The van der Waals surface area contributed by atoms with Crippen LogP contribution in [0, 0.1) is 17.2 Å². The van der Waals surface area contributed by atoms with Crippen LogP contribution in [0.4, 0.5) is 0 Å². The van der Waals surface area contributed by atoms with Gasteiger partial charge in [-0.15, -0.1) is 11.3 Å². The van der Waals surface area contributed by atoms with E-state index in [0.29, 0.717) is 37.8 Å². The average Bonchev–Trinajstić information content (AvgIpc) is 3.17. The number of thiazole rings is 1. The Morgan fingerprint density at radius 3 is 2.79 bits per heavy atom. The number of rotatable bonds is 3. The normalized spacial score (nSPS) is 15.7. The number of hydrogen-bond acceptors (Lipinski definition) is 5. The van der Waals surface area contributed by atoms with E-state index in [2.05, 4.69) is 49.0 Å². The van der Waals surface area contributed by atoms with Crippen LogP contribution < -0.4 is 5.63 Å². The van der Waals surface area contributed by atoms with E-state index in [1.54, 1.807) is 6.07 Å². The zero-order valence-corrected chi connectivity index (χ0v) is 18.9. The van der Waals surface area contributed by atoms with Crippen molar-refractivity contribution in [2.75, 3.05) is 0 Å². The standard InChI is InChI=1S/C21H16Br2N2O2S/c22-15-7-13-8-16(21(26)27-19(13)17(23)9-15)18-11-28-20(25-18)14(10-24)6-12-4-2-1-3-5-12/h6-9,11-12H,1-5H2. The van der Waals surface area contributed by atoms with Gasteiger partial charge in [-0.3, -0.25) is 0 Å². The van der Waals surface area contributed by atoms with Crippen molar-refractivity contribution in [3.8, 4) is 17.3 Å². The van der Waals surface area contributed by atoms with Crippen molar-refractivity contribution in [2.45, 2.75) is 32.1 Å². The molecule has 1 aliphatic rings. The van der Waals surface area contributed by atoms with Crippen LogP contribution in [0.5, 0.6) is 0 Å². The summed E-state index contributed by atoms with van der Waals surface area (Å²) >= 11 is 8.26. The van der Waals surface area contributed by atoms with Crippen molar-refractivity contribution in [3.63, 3.8) is 0 Å². The molecule has 4 nitrogen and oxygen atoms in total. The van der Waals surface area contributed by atoms with Gasteiger partial charge in [-0.05, 0) is 52.9 Å². The Balaban J connectivity index is 1.72. The Labute approximate surface area is 183 Å². The molecule has 0 saturated heterocycles. The van der Waals surface area contributed by atoms with Crippen LogP contribution >= 0.6 is 43.2 Å². The highest BCUT2D eigenvalue weighted by Gasteiger charge is 2.17. The van der Waals surface area contributed by atoms with Gasteiger partial charge in [0.2, 0.25) is 0 Å². The first kappa shape index (κ1) is 19.6. The number of benzene rings is 1. The van der Waals surface area contributed by atoms with Crippen molar-refractivity contribution < 1.29 is 4.42 Å². The third-order valence-electron chi connectivity index (χ3n) is 4.93. The van der Waals surface area contributed by atoms with Crippen LogP contribution in [-0.2, 0) is 0 Å². The van der Waals surface area contributed by atoms with Gasteiger partial charge in [0.15, 0.2) is 5.58 Å². The fourth-order valence-corrected chi connectivity index (χ4v) is 5.68. The highest BCUT2D eigenvalue weighted by molar-refractivity contribution is 9.11. The number of halogens is 2. The first-order valence-corrected chi connectivity index (χ1v) is 11.5. The molecule has 0 aliphatic heterocycles. The van der Waals surface area contributed by atoms with Crippen LogP contribution in [0.25, 0.3) is 27.8 Å². The summed E-state index contributed by atoms with van der Waals surface area (Å²) in [6.07, 6.45) is 8.01. The summed E-state index contributed by atoms with van der Waals surface area (Å²) in [6, 6.07) is 7.80. The monoisotopic (exact) mass is 518 g/mol. The van der Waals surface area contributed by atoms with Gasteiger partial charge < -0.3 is 4.42 Å². The van der Waals surface area contributed by atoms with Crippen LogP contribution in [0.3, 0.4) is 0 Å². The quantitative estimate of drug-likeness (QED) is 0.278. The summed E-state index contributed by atoms with van der Waals surface area (Å²) in [5, 5.41) is 12.9. The second-order valence-electron chi connectivity index (χ2n) is 6.88.